The molecule has 1 fully saturated rings. The number of amides is 3. The second kappa shape index (κ2) is 11.2. The first-order valence-electron chi connectivity index (χ1n) is 13.7. The van der Waals surface area contributed by atoms with Crippen LogP contribution in [0, 0.1) is 0 Å². The zero-order chi connectivity index (χ0) is 29.4. The first kappa shape index (κ1) is 28.6. The predicted octanol–water partition coefficient (Wildman–Crippen LogP) is 4.89. The Bertz CT molecular complexity index is 1450. The average molecular weight is 576 g/mol. The standard InChI is InChI=1S/C32H34ClN3O5/c1-31(2,3)41-30(39)35-18-20-14-15-22(33)17-21(20)19-34-28(37)27-13-8-16-36(27)29(38)32(40)25-11-6-4-9-23(25)24-10-5-7-12-26(24)32/h4-7,9-12,14-15,17,27,40H,8,13,16,18-19H2,1-3H3,(H,34,37)(H,35,39). The maximum atomic E-state index is 14.1. The number of hydrogen-bond acceptors (Lipinski definition) is 5. The van der Waals surface area contributed by atoms with Crippen molar-refractivity contribution in [3.63, 3.8) is 0 Å². The number of likely N-dealkylation sites (tertiary alicyclic amines) is 1. The van der Waals surface area contributed by atoms with Gasteiger partial charge in [0.25, 0.3) is 5.91 Å². The smallest absolute Gasteiger partial charge is 0.407 e. The lowest BCUT2D eigenvalue weighted by molar-refractivity contribution is -0.151. The minimum absolute atomic E-state index is 0.152. The molecule has 3 aromatic rings. The summed E-state index contributed by atoms with van der Waals surface area (Å²) in [6, 6.07) is 19.2. The number of nitrogens with zero attached hydrogens (tertiary/aromatic N) is 1. The van der Waals surface area contributed by atoms with Crippen molar-refractivity contribution in [2.75, 3.05) is 6.54 Å². The molecule has 9 heteroatoms. The van der Waals surface area contributed by atoms with Crippen molar-refractivity contribution < 1.29 is 24.2 Å². The first-order valence-corrected chi connectivity index (χ1v) is 14.1. The second-order valence-corrected chi connectivity index (χ2v) is 11.9. The van der Waals surface area contributed by atoms with Gasteiger partial charge >= 0.3 is 6.09 Å². The van der Waals surface area contributed by atoms with Crippen LogP contribution in [0.3, 0.4) is 0 Å². The lowest BCUT2D eigenvalue weighted by Crippen LogP contribution is -2.52. The third-order valence-electron chi connectivity index (χ3n) is 7.49. The fraction of sp³-hybridized carbons (Fsp3) is 0.344. The molecule has 0 aromatic heterocycles. The normalized spacial score (nSPS) is 17.0. The summed E-state index contributed by atoms with van der Waals surface area (Å²) in [5.74, 6) is -0.817. The number of halogens is 1. The van der Waals surface area contributed by atoms with Crippen LogP contribution in [-0.2, 0) is 33.0 Å². The van der Waals surface area contributed by atoms with Gasteiger partial charge < -0.3 is 25.4 Å². The maximum Gasteiger partial charge on any atom is 0.407 e. The summed E-state index contributed by atoms with van der Waals surface area (Å²) in [6.07, 6.45) is 0.584. The van der Waals surface area contributed by atoms with E-state index in [0.29, 0.717) is 35.5 Å². The van der Waals surface area contributed by atoms with Crippen LogP contribution >= 0.6 is 11.6 Å². The summed E-state index contributed by atoms with van der Waals surface area (Å²) in [7, 11) is 0. The van der Waals surface area contributed by atoms with Crippen LogP contribution in [0.15, 0.2) is 66.7 Å². The second-order valence-electron chi connectivity index (χ2n) is 11.4. The third kappa shape index (κ3) is 5.67. The van der Waals surface area contributed by atoms with Crippen LogP contribution < -0.4 is 10.6 Å². The molecule has 41 heavy (non-hydrogen) atoms. The topological polar surface area (TPSA) is 108 Å². The predicted molar refractivity (Wildman–Crippen MR) is 156 cm³/mol. The molecule has 0 bridgehead atoms. The van der Waals surface area contributed by atoms with Crippen molar-refractivity contribution in [1.29, 1.82) is 0 Å². The summed E-state index contributed by atoms with van der Waals surface area (Å²) >= 11 is 6.24. The molecule has 1 aliphatic carbocycles. The highest BCUT2D eigenvalue weighted by atomic mass is 35.5. The Morgan fingerprint density at radius 1 is 0.951 bits per heavy atom. The minimum atomic E-state index is -1.87. The largest absolute Gasteiger partial charge is 0.444 e. The number of nitrogens with one attached hydrogen (secondary N) is 2. The Balaban J connectivity index is 1.31. The van der Waals surface area contributed by atoms with Gasteiger partial charge in [0.1, 0.15) is 11.6 Å². The third-order valence-corrected chi connectivity index (χ3v) is 7.73. The van der Waals surface area contributed by atoms with E-state index < -0.39 is 29.2 Å². The van der Waals surface area contributed by atoms with Gasteiger partial charge in [0.05, 0.1) is 0 Å². The van der Waals surface area contributed by atoms with Gasteiger partial charge in [0, 0.05) is 35.8 Å². The molecule has 3 N–H and O–H groups in total. The van der Waals surface area contributed by atoms with Gasteiger partial charge in [-0.25, -0.2) is 4.79 Å². The number of benzene rings is 3. The quantitative estimate of drug-likeness (QED) is 0.388. The van der Waals surface area contributed by atoms with Crippen molar-refractivity contribution in [3.8, 4) is 11.1 Å². The number of rotatable bonds is 6. The molecule has 8 nitrogen and oxygen atoms in total. The van der Waals surface area contributed by atoms with Crippen molar-refractivity contribution in [2.45, 2.75) is 63.9 Å². The van der Waals surface area contributed by atoms with Crippen LogP contribution in [0.1, 0.15) is 55.9 Å². The Morgan fingerprint density at radius 3 is 2.20 bits per heavy atom. The monoisotopic (exact) mass is 575 g/mol. The van der Waals surface area contributed by atoms with Crippen molar-refractivity contribution in [2.24, 2.45) is 0 Å². The van der Waals surface area contributed by atoms with Crippen molar-refractivity contribution >= 4 is 29.5 Å². The molecule has 1 saturated heterocycles. The SMILES string of the molecule is CC(C)(C)OC(=O)NCc1ccc(Cl)cc1CNC(=O)C1CCCN1C(=O)C1(O)c2ccccc2-c2ccccc21. The fourth-order valence-corrected chi connectivity index (χ4v) is 5.84. The van der Waals surface area contributed by atoms with E-state index in [0.717, 1.165) is 22.3 Å². The zero-order valence-corrected chi connectivity index (χ0v) is 24.1. The van der Waals surface area contributed by atoms with Crippen LogP contribution in [0.5, 0.6) is 0 Å². The first-order chi connectivity index (χ1) is 19.5. The van der Waals surface area contributed by atoms with Gasteiger partial charge in [-0.15, -0.1) is 0 Å². The Hall–Kier alpha value is -3.88. The molecule has 1 atom stereocenters. The van der Waals surface area contributed by atoms with Crippen LogP contribution in [0.4, 0.5) is 4.79 Å². The number of aliphatic hydroxyl groups is 1. The van der Waals surface area contributed by atoms with E-state index in [1.165, 1.54) is 4.90 Å². The van der Waals surface area contributed by atoms with E-state index in [-0.39, 0.29) is 19.0 Å². The van der Waals surface area contributed by atoms with Gasteiger partial charge in [-0.1, -0.05) is 66.2 Å². The summed E-state index contributed by atoms with van der Waals surface area (Å²) in [5, 5.41) is 18.2. The van der Waals surface area contributed by atoms with E-state index in [1.807, 2.05) is 24.3 Å². The lowest BCUT2D eigenvalue weighted by Gasteiger charge is -2.33. The van der Waals surface area contributed by atoms with Gasteiger partial charge in [0.15, 0.2) is 5.60 Å². The minimum Gasteiger partial charge on any atom is -0.444 e. The summed E-state index contributed by atoms with van der Waals surface area (Å²) in [5.41, 5.74) is 1.69. The Labute approximate surface area is 244 Å². The maximum absolute atomic E-state index is 14.1. The molecule has 5 rings (SSSR count). The van der Waals surface area contributed by atoms with Gasteiger partial charge in [-0.2, -0.15) is 0 Å². The van der Waals surface area contributed by atoms with E-state index in [9.17, 15) is 19.5 Å². The molecule has 214 valence electrons. The number of hydrogen-bond donors (Lipinski definition) is 3. The molecule has 1 unspecified atom stereocenters. The van der Waals surface area contributed by atoms with E-state index in [4.69, 9.17) is 16.3 Å². The molecular formula is C32H34ClN3O5. The average Bonchev–Trinajstić information content (AvgIpc) is 3.53. The van der Waals surface area contributed by atoms with Crippen LogP contribution in [0.25, 0.3) is 11.1 Å². The number of fused-ring (bicyclic) bond motifs is 3. The summed E-state index contributed by atoms with van der Waals surface area (Å²) in [6.45, 7) is 6.07. The Kier molecular flexibility index (Phi) is 7.81. The zero-order valence-electron chi connectivity index (χ0n) is 23.4. The number of carbonyl (C=O) groups is 3. The molecule has 1 heterocycles. The highest BCUT2D eigenvalue weighted by molar-refractivity contribution is 6.30. The van der Waals surface area contributed by atoms with E-state index in [2.05, 4.69) is 10.6 Å². The van der Waals surface area contributed by atoms with Gasteiger partial charge in [0.2, 0.25) is 5.91 Å². The molecule has 0 radical (unpaired) electrons. The molecule has 2 aliphatic rings. The molecule has 3 aromatic carbocycles. The summed E-state index contributed by atoms with van der Waals surface area (Å²) < 4.78 is 5.31. The Morgan fingerprint density at radius 2 is 1.56 bits per heavy atom. The molecule has 0 saturated carbocycles. The van der Waals surface area contributed by atoms with Gasteiger partial charge in [-0.05, 0) is 68.0 Å². The molecule has 1 aliphatic heterocycles. The number of ether oxygens (including phenoxy) is 1. The van der Waals surface area contributed by atoms with Gasteiger partial charge in [-0.3, -0.25) is 9.59 Å². The van der Waals surface area contributed by atoms with Crippen molar-refractivity contribution in [1.82, 2.24) is 15.5 Å². The fourth-order valence-electron chi connectivity index (χ4n) is 5.65. The highest BCUT2D eigenvalue weighted by Gasteiger charge is 2.52. The molecular weight excluding hydrogens is 542 g/mol. The van der Waals surface area contributed by atoms with Crippen LogP contribution in [-0.4, -0.2) is 46.1 Å². The highest BCUT2D eigenvalue weighted by Crippen LogP contribution is 2.48. The van der Waals surface area contributed by atoms with E-state index >= 15 is 0 Å². The number of alkyl carbamates (subject to hydrolysis) is 1. The number of carbonyl (C=O) groups excluding carboxylic acids is 3. The van der Waals surface area contributed by atoms with Crippen molar-refractivity contribution in [3.05, 3.63) is 94.0 Å². The van der Waals surface area contributed by atoms with Crippen LogP contribution in [0.2, 0.25) is 5.02 Å². The lowest BCUT2D eigenvalue weighted by atomic mass is 9.89. The van der Waals surface area contributed by atoms with E-state index in [1.54, 1.807) is 63.2 Å². The summed E-state index contributed by atoms with van der Waals surface area (Å²) in [4.78, 5) is 41.2. The molecule has 0 spiro atoms. The molecule has 3 amide bonds.